The zero-order valence-corrected chi connectivity index (χ0v) is 18.3. The monoisotopic (exact) mass is 443 g/mol. The van der Waals surface area contributed by atoms with Gasteiger partial charge >= 0.3 is 12.1 Å². The fourth-order valence-electron chi connectivity index (χ4n) is 5.08. The molecule has 0 bridgehead atoms. The molecule has 0 spiro atoms. The van der Waals surface area contributed by atoms with Gasteiger partial charge in [-0.2, -0.15) is 0 Å². The van der Waals surface area contributed by atoms with Crippen molar-refractivity contribution in [1.82, 2.24) is 4.90 Å². The number of carbonyl (C=O) groups is 2. The fourth-order valence-corrected chi connectivity index (χ4v) is 5.08. The minimum absolute atomic E-state index is 0.0309. The lowest BCUT2D eigenvalue weighted by atomic mass is 9.89. The van der Waals surface area contributed by atoms with Crippen molar-refractivity contribution < 1.29 is 24.2 Å². The van der Waals surface area contributed by atoms with Crippen LogP contribution in [0.3, 0.4) is 0 Å². The second kappa shape index (κ2) is 8.62. The highest BCUT2D eigenvalue weighted by Gasteiger charge is 2.41. The van der Waals surface area contributed by atoms with E-state index in [0.29, 0.717) is 12.3 Å². The first-order valence-electron chi connectivity index (χ1n) is 11.0. The number of aliphatic carboxylic acids is 1. The zero-order chi connectivity index (χ0) is 22.9. The molecule has 1 heterocycles. The standard InChI is InChI=1S/C27H25NO5/c1-32-18-12-10-17(11-13-18)23-14-28(15-24(23)26(29)30)27(31)33-16-25-21-8-4-2-6-19(21)20-7-3-5-9-22(20)25/h2-13,23-25H,14-16H2,1H3,(H,29,30)/t23-,24+/m0/s1. The van der Waals surface area contributed by atoms with Crippen molar-refractivity contribution >= 4 is 12.1 Å². The third-order valence-corrected chi connectivity index (χ3v) is 6.78. The maximum atomic E-state index is 13.0. The number of carboxylic acids is 1. The van der Waals surface area contributed by atoms with Crippen molar-refractivity contribution in [1.29, 1.82) is 0 Å². The molecule has 3 aromatic rings. The lowest BCUT2D eigenvalue weighted by Crippen LogP contribution is -2.31. The minimum Gasteiger partial charge on any atom is -0.497 e. The first-order valence-corrected chi connectivity index (χ1v) is 11.0. The average molecular weight is 443 g/mol. The van der Waals surface area contributed by atoms with Crippen molar-refractivity contribution in [2.75, 3.05) is 26.8 Å². The second-order valence-electron chi connectivity index (χ2n) is 8.53. The Morgan fingerprint density at radius 3 is 2.09 bits per heavy atom. The maximum Gasteiger partial charge on any atom is 0.409 e. The summed E-state index contributed by atoms with van der Waals surface area (Å²) < 4.78 is 10.9. The number of likely N-dealkylation sites (tertiary alicyclic amines) is 1. The van der Waals surface area contributed by atoms with Gasteiger partial charge in [0.25, 0.3) is 0 Å². The van der Waals surface area contributed by atoms with Crippen molar-refractivity contribution in [3.63, 3.8) is 0 Å². The van der Waals surface area contributed by atoms with Gasteiger partial charge in [0.05, 0.1) is 13.0 Å². The second-order valence-corrected chi connectivity index (χ2v) is 8.53. The van der Waals surface area contributed by atoms with E-state index in [1.165, 1.54) is 16.0 Å². The van der Waals surface area contributed by atoms with E-state index < -0.39 is 18.0 Å². The summed E-state index contributed by atoms with van der Waals surface area (Å²) in [4.78, 5) is 26.4. The van der Waals surface area contributed by atoms with Crippen molar-refractivity contribution in [2.24, 2.45) is 5.92 Å². The van der Waals surface area contributed by atoms with Gasteiger partial charge in [-0.05, 0) is 39.9 Å². The molecule has 1 saturated heterocycles. The molecule has 2 aliphatic rings. The molecule has 5 rings (SSSR count). The highest BCUT2D eigenvalue weighted by atomic mass is 16.6. The Morgan fingerprint density at radius 2 is 1.52 bits per heavy atom. The van der Waals surface area contributed by atoms with Crippen molar-refractivity contribution in [2.45, 2.75) is 11.8 Å². The van der Waals surface area contributed by atoms with E-state index in [4.69, 9.17) is 9.47 Å². The molecular formula is C27H25NO5. The topological polar surface area (TPSA) is 76.1 Å². The molecule has 1 aliphatic heterocycles. The highest BCUT2D eigenvalue weighted by Crippen LogP contribution is 2.44. The van der Waals surface area contributed by atoms with Crippen molar-refractivity contribution in [3.05, 3.63) is 89.5 Å². The van der Waals surface area contributed by atoms with Gasteiger partial charge in [-0.1, -0.05) is 60.7 Å². The van der Waals surface area contributed by atoms with Gasteiger partial charge in [0, 0.05) is 24.9 Å². The molecule has 6 nitrogen and oxygen atoms in total. The number of amides is 1. The van der Waals surface area contributed by atoms with E-state index in [-0.39, 0.29) is 25.0 Å². The number of ether oxygens (including phenoxy) is 2. The lowest BCUT2D eigenvalue weighted by Gasteiger charge is -2.19. The van der Waals surface area contributed by atoms with Crippen LogP contribution < -0.4 is 4.74 Å². The summed E-state index contributed by atoms with van der Waals surface area (Å²) in [7, 11) is 1.59. The third-order valence-electron chi connectivity index (χ3n) is 6.78. The van der Waals surface area contributed by atoms with Crippen LogP contribution in [-0.4, -0.2) is 48.9 Å². The number of methoxy groups -OCH3 is 1. The molecule has 33 heavy (non-hydrogen) atoms. The molecule has 6 heteroatoms. The van der Waals surface area contributed by atoms with E-state index >= 15 is 0 Å². The first kappa shape index (κ1) is 21.1. The average Bonchev–Trinajstić information content (AvgIpc) is 3.43. The van der Waals surface area contributed by atoms with Gasteiger partial charge < -0.3 is 19.5 Å². The van der Waals surface area contributed by atoms with E-state index in [9.17, 15) is 14.7 Å². The number of carbonyl (C=O) groups excluding carboxylic acids is 1. The summed E-state index contributed by atoms with van der Waals surface area (Å²) in [5, 5.41) is 9.76. The van der Waals surface area contributed by atoms with E-state index in [2.05, 4.69) is 24.3 Å². The van der Waals surface area contributed by atoms with Gasteiger partial charge in [0.1, 0.15) is 12.4 Å². The lowest BCUT2D eigenvalue weighted by molar-refractivity contribution is -0.141. The van der Waals surface area contributed by atoms with Gasteiger partial charge in [-0.25, -0.2) is 4.79 Å². The Hall–Kier alpha value is -3.80. The summed E-state index contributed by atoms with van der Waals surface area (Å²) in [6, 6.07) is 23.7. The Kier molecular flexibility index (Phi) is 5.50. The van der Waals surface area contributed by atoms with Gasteiger partial charge in [0.15, 0.2) is 0 Å². The number of hydrogen-bond acceptors (Lipinski definition) is 4. The molecule has 1 aliphatic carbocycles. The van der Waals surface area contributed by atoms with Crippen LogP contribution in [0.2, 0.25) is 0 Å². The number of hydrogen-bond donors (Lipinski definition) is 1. The van der Waals surface area contributed by atoms with Crippen LogP contribution in [0, 0.1) is 5.92 Å². The van der Waals surface area contributed by atoms with Crippen LogP contribution in [0.5, 0.6) is 5.75 Å². The van der Waals surface area contributed by atoms with Gasteiger partial charge in [-0.15, -0.1) is 0 Å². The van der Waals surface area contributed by atoms with E-state index in [1.807, 2.05) is 48.5 Å². The molecule has 1 amide bonds. The van der Waals surface area contributed by atoms with Crippen LogP contribution in [0.4, 0.5) is 4.79 Å². The molecule has 0 saturated carbocycles. The summed E-state index contributed by atoms with van der Waals surface area (Å²) in [5.41, 5.74) is 5.50. The predicted octanol–water partition coefficient (Wildman–Crippen LogP) is 4.74. The van der Waals surface area contributed by atoms with Crippen LogP contribution in [0.15, 0.2) is 72.8 Å². The van der Waals surface area contributed by atoms with Crippen LogP contribution in [-0.2, 0) is 9.53 Å². The summed E-state index contributed by atoms with van der Waals surface area (Å²) in [5.74, 6) is -1.22. The number of benzene rings is 3. The van der Waals surface area contributed by atoms with E-state index in [0.717, 1.165) is 16.7 Å². The smallest absolute Gasteiger partial charge is 0.409 e. The summed E-state index contributed by atoms with van der Waals surface area (Å²) in [6.45, 7) is 0.650. The summed E-state index contributed by atoms with van der Waals surface area (Å²) in [6.07, 6.45) is -0.473. The third kappa shape index (κ3) is 3.82. The summed E-state index contributed by atoms with van der Waals surface area (Å²) >= 11 is 0. The molecule has 3 aromatic carbocycles. The highest BCUT2D eigenvalue weighted by molar-refractivity contribution is 5.79. The molecule has 0 unspecified atom stereocenters. The Morgan fingerprint density at radius 1 is 0.909 bits per heavy atom. The molecule has 2 atom stereocenters. The fraction of sp³-hybridized carbons (Fsp3) is 0.259. The number of fused-ring (bicyclic) bond motifs is 3. The largest absolute Gasteiger partial charge is 0.497 e. The van der Waals surface area contributed by atoms with Gasteiger partial charge in [0.2, 0.25) is 0 Å². The Bertz CT molecular complexity index is 1140. The Labute approximate surface area is 192 Å². The van der Waals surface area contributed by atoms with Gasteiger partial charge in [-0.3, -0.25) is 4.79 Å². The maximum absolute atomic E-state index is 13.0. The number of nitrogens with zero attached hydrogens (tertiary/aromatic N) is 1. The van der Waals surface area contributed by atoms with Crippen LogP contribution in [0.1, 0.15) is 28.5 Å². The first-order chi connectivity index (χ1) is 16.1. The predicted molar refractivity (Wildman–Crippen MR) is 124 cm³/mol. The minimum atomic E-state index is -0.912. The normalized spacial score (nSPS) is 19.1. The molecule has 0 radical (unpaired) electrons. The SMILES string of the molecule is COc1ccc([C@@H]2CN(C(=O)OCC3c4ccccc4-c4ccccc43)C[C@H]2C(=O)O)cc1. The Balaban J connectivity index is 1.31. The quantitative estimate of drug-likeness (QED) is 0.616. The van der Waals surface area contributed by atoms with E-state index in [1.54, 1.807) is 7.11 Å². The molecule has 0 aromatic heterocycles. The van der Waals surface area contributed by atoms with Crippen molar-refractivity contribution in [3.8, 4) is 16.9 Å². The number of rotatable bonds is 5. The molecule has 1 N–H and O–H groups in total. The molecular weight excluding hydrogens is 418 g/mol. The molecule has 1 fully saturated rings. The zero-order valence-electron chi connectivity index (χ0n) is 18.3. The van der Waals surface area contributed by atoms with Crippen LogP contribution in [0.25, 0.3) is 11.1 Å². The van der Waals surface area contributed by atoms with Crippen LogP contribution >= 0.6 is 0 Å². The molecule has 168 valence electrons. The number of carboxylic acid groups (broad SMARTS) is 1.